The highest BCUT2D eigenvalue weighted by molar-refractivity contribution is 5.58. The molecule has 1 rings (SSSR count). The van der Waals surface area contributed by atoms with E-state index in [-0.39, 0.29) is 0 Å². The minimum atomic E-state index is 0.881. The van der Waals surface area contributed by atoms with Gasteiger partial charge in [0.05, 0.1) is 17.6 Å². The van der Waals surface area contributed by atoms with E-state index < -0.39 is 0 Å². The van der Waals surface area contributed by atoms with Crippen LogP contribution in [0.25, 0.3) is 5.70 Å². The third-order valence-corrected chi connectivity index (χ3v) is 1.56. The maximum Gasteiger partial charge on any atom is 0.0800 e. The number of aryl methyl sites for hydroxylation is 1. The van der Waals surface area contributed by atoms with Crippen LogP contribution in [-0.4, -0.2) is 15.0 Å². The summed E-state index contributed by atoms with van der Waals surface area (Å²) in [5.74, 6) is 0. The van der Waals surface area contributed by atoms with E-state index in [9.17, 15) is 0 Å². The Labute approximate surface area is 83.8 Å². The molecule has 0 radical (unpaired) electrons. The first kappa shape index (κ1) is 10.2. The molecule has 1 aromatic rings. The average molecular weight is 187 g/mol. The predicted molar refractivity (Wildman–Crippen MR) is 58.6 cm³/mol. The molecule has 14 heavy (non-hydrogen) atoms. The number of nitrogens with zero attached hydrogens (tertiary/aromatic N) is 3. The zero-order chi connectivity index (χ0) is 10.4. The largest absolute Gasteiger partial charge is 0.220 e. The average Bonchev–Trinajstić information content (AvgIpc) is 2.59. The van der Waals surface area contributed by atoms with E-state index in [1.807, 2.05) is 31.3 Å². The van der Waals surface area contributed by atoms with Gasteiger partial charge < -0.3 is 0 Å². The van der Waals surface area contributed by atoms with Crippen molar-refractivity contribution in [1.82, 2.24) is 15.0 Å². The first-order valence-corrected chi connectivity index (χ1v) is 4.29. The Morgan fingerprint density at radius 3 is 2.71 bits per heavy atom. The van der Waals surface area contributed by atoms with Gasteiger partial charge in [-0.05, 0) is 19.1 Å². The summed E-state index contributed by atoms with van der Waals surface area (Å²) >= 11 is 0. The van der Waals surface area contributed by atoms with Crippen LogP contribution in [0.2, 0.25) is 0 Å². The van der Waals surface area contributed by atoms with E-state index in [2.05, 4.69) is 23.5 Å². The lowest BCUT2D eigenvalue weighted by Gasteiger charge is -1.98. The van der Waals surface area contributed by atoms with Gasteiger partial charge in [-0.15, -0.1) is 5.10 Å². The quantitative estimate of drug-likeness (QED) is 0.677. The Morgan fingerprint density at radius 2 is 2.21 bits per heavy atom. The van der Waals surface area contributed by atoms with Gasteiger partial charge >= 0.3 is 0 Å². The smallest absolute Gasteiger partial charge is 0.0800 e. The summed E-state index contributed by atoms with van der Waals surface area (Å²) in [5.41, 5.74) is 1.78. The molecular weight excluding hydrogens is 174 g/mol. The molecule has 0 bridgehead atoms. The van der Waals surface area contributed by atoms with Crippen molar-refractivity contribution in [3.63, 3.8) is 0 Å². The highest BCUT2D eigenvalue weighted by Crippen LogP contribution is 2.05. The zero-order valence-electron chi connectivity index (χ0n) is 8.22. The minimum Gasteiger partial charge on any atom is -0.220 e. The van der Waals surface area contributed by atoms with Crippen molar-refractivity contribution in [3.8, 4) is 0 Å². The molecule has 0 unspecified atom stereocenters. The van der Waals surface area contributed by atoms with Gasteiger partial charge in [0.25, 0.3) is 0 Å². The molecule has 0 aliphatic carbocycles. The molecule has 0 aliphatic heterocycles. The fraction of sp³-hybridized carbons (Fsp3) is 0.0909. The lowest BCUT2D eigenvalue weighted by Crippen LogP contribution is -1.94. The van der Waals surface area contributed by atoms with Crippen LogP contribution in [0.4, 0.5) is 0 Å². The van der Waals surface area contributed by atoms with Gasteiger partial charge in [-0.3, -0.25) is 0 Å². The number of allylic oxidation sites excluding steroid dienone is 6. The summed E-state index contributed by atoms with van der Waals surface area (Å²) < 4.78 is 1.69. The molecule has 0 atom stereocenters. The normalized spacial score (nSPS) is 11.9. The van der Waals surface area contributed by atoms with Gasteiger partial charge in [-0.2, -0.15) is 0 Å². The summed E-state index contributed by atoms with van der Waals surface area (Å²) in [6.07, 6.45) is 10.9. The molecule has 0 saturated carbocycles. The van der Waals surface area contributed by atoms with Crippen LogP contribution >= 0.6 is 0 Å². The second-order valence-corrected chi connectivity index (χ2v) is 2.73. The Morgan fingerprint density at radius 1 is 1.43 bits per heavy atom. The molecule has 0 fully saturated rings. The van der Waals surface area contributed by atoms with Gasteiger partial charge in [-0.25, -0.2) is 4.68 Å². The van der Waals surface area contributed by atoms with Crippen LogP contribution in [0.1, 0.15) is 5.69 Å². The van der Waals surface area contributed by atoms with E-state index in [0.29, 0.717) is 0 Å². The first-order valence-electron chi connectivity index (χ1n) is 4.29. The third-order valence-electron chi connectivity index (χ3n) is 1.56. The molecule has 0 aliphatic rings. The number of rotatable bonds is 4. The van der Waals surface area contributed by atoms with Crippen molar-refractivity contribution in [2.24, 2.45) is 0 Å². The molecule has 0 spiro atoms. The number of hydrogen-bond donors (Lipinski definition) is 0. The standard InChI is InChI=1S/C11H13N3/c1-4-6-8-11(7-5-2)14-9-10(3)12-13-14/h4-9H,1-2H2,3H3/b8-6-,11-7+. The molecule has 72 valence electrons. The molecule has 3 heteroatoms. The van der Waals surface area contributed by atoms with Crippen LogP contribution in [0.3, 0.4) is 0 Å². The van der Waals surface area contributed by atoms with Crippen molar-refractivity contribution in [1.29, 1.82) is 0 Å². The Kier molecular flexibility index (Phi) is 3.61. The van der Waals surface area contributed by atoms with Crippen LogP contribution in [0, 0.1) is 6.92 Å². The topological polar surface area (TPSA) is 30.7 Å². The fourth-order valence-electron chi connectivity index (χ4n) is 0.969. The summed E-state index contributed by atoms with van der Waals surface area (Å²) in [6, 6.07) is 0. The van der Waals surface area contributed by atoms with Gasteiger partial charge in [0.2, 0.25) is 0 Å². The van der Waals surface area contributed by atoms with E-state index in [1.165, 1.54) is 0 Å². The molecule has 0 aromatic carbocycles. The number of hydrogen-bond acceptors (Lipinski definition) is 2. The van der Waals surface area contributed by atoms with Crippen LogP contribution < -0.4 is 0 Å². The Hall–Kier alpha value is -1.90. The Balaban J connectivity index is 3.00. The highest BCUT2D eigenvalue weighted by atomic mass is 15.4. The van der Waals surface area contributed by atoms with Crippen LogP contribution in [0.15, 0.2) is 49.7 Å². The SMILES string of the molecule is C=C/C=C\C(=C/C=C)n1cc(C)nn1. The fourth-order valence-corrected chi connectivity index (χ4v) is 0.969. The summed E-state index contributed by atoms with van der Waals surface area (Å²) in [5, 5.41) is 7.86. The summed E-state index contributed by atoms with van der Waals surface area (Å²) in [6.45, 7) is 9.14. The van der Waals surface area contributed by atoms with Crippen LogP contribution in [0.5, 0.6) is 0 Å². The lowest BCUT2D eigenvalue weighted by molar-refractivity contribution is 0.821. The molecule has 1 heterocycles. The van der Waals surface area contributed by atoms with E-state index in [4.69, 9.17) is 0 Å². The van der Waals surface area contributed by atoms with E-state index in [0.717, 1.165) is 11.4 Å². The van der Waals surface area contributed by atoms with Gasteiger partial charge in [0.15, 0.2) is 0 Å². The van der Waals surface area contributed by atoms with Crippen molar-refractivity contribution < 1.29 is 0 Å². The summed E-state index contributed by atoms with van der Waals surface area (Å²) in [7, 11) is 0. The summed E-state index contributed by atoms with van der Waals surface area (Å²) in [4.78, 5) is 0. The highest BCUT2D eigenvalue weighted by Gasteiger charge is 1.97. The van der Waals surface area contributed by atoms with E-state index >= 15 is 0 Å². The van der Waals surface area contributed by atoms with Gasteiger partial charge in [-0.1, -0.05) is 36.6 Å². The van der Waals surface area contributed by atoms with Crippen molar-refractivity contribution >= 4 is 5.70 Å². The Bertz CT molecular complexity index is 383. The molecule has 0 amide bonds. The van der Waals surface area contributed by atoms with E-state index in [1.54, 1.807) is 16.8 Å². The third kappa shape index (κ3) is 2.55. The molecule has 0 N–H and O–H groups in total. The maximum atomic E-state index is 3.95. The maximum absolute atomic E-state index is 3.95. The number of aromatic nitrogens is 3. The molecule has 1 aromatic heterocycles. The molecule has 3 nitrogen and oxygen atoms in total. The second-order valence-electron chi connectivity index (χ2n) is 2.73. The molecule has 0 saturated heterocycles. The second kappa shape index (κ2) is 4.97. The predicted octanol–water partition coefficient (Wildman–Crippen LogP) is 2.36. The minimum absolute atomic E-state index is 0.881. The van der Waals surface area contributed by atoms with Crippen LogP contribution in [-0.2, 0) is 0 Å². The van der Waals surface area contributed by atoms with Gasteiger partial charge in [0.1, 0.15) is 0 Å². The molecular formula is C11H13N3. The van der Waals surface area contributed by atoms with Crippen molar-refractivity contribution in [2.45, 2.75) is 6.92 Å². The first-order chi connectivity index (χ1) is 6.77. The lowest BCUT2D eigenvalue weighted by atomic mass is 10.3. The zero-order valence-corrected chi connectivity index (χ0v) is 8.22. The van der Waals surface area contributed by atoms with Crippen molar-refractivity contribution in [2.75, 3.05) is 0 Å². The van der Waals surface area contributed by atoms with Gasteiger partial charge in [0, 0.05) is 0 Å². The van der Waals surface area contributed by atoms with Crippen molar-refractivity contribution in [3.05, 3.63) is 55.4 Å². The monoisotopic (exact) mass is 187 g/mol.